The molecule has 2 fully saturated rings. The predicted molar refractivity (Wildman–Crippen MR) is 178 cm³/mol. The molecular weight excluding hydrogens is 599 g/mol. The van der Waals surface area contributed by atoms with Gasteiger partial charge in [-0.15, -0.1) is 0 Å². The zero-order valence-corrected chi connectivity index (χ0v) is 26.3. The number of phenols is 1. The summed E-state index contributed by atoms with van der Waals surface area (Å²) in [6, 6.07) is 27.0. The van der Waals surface area contributed by atoms with Crippen molar-refractivity contribution in [2.45, 2.75) is 38.1 Å². The molecule has 43 heavy (non-hydrogen) atoms. The summed E-state index contributed by atoms with van der Waals surface area (Å²) in [5.41, 5.74) is 5.41. The molecule has 0 radical (unpaired) electrons. The number of rotatable bonds is 8. The van der Waals surface area contributed by atoms with Crippen molar-refractivity contribution >= 4 is 46.3 Å². The van der Waals surface area contributed by atoms with Gasteiger partial charge in [-0.05, 0) is 65.1 Å². The summed E-state index contributed by atoms with van der Waals surface area (Å²) in [4.78, 5) is 18.0. The molecule has 4 aromatic rings. The first kappa shape index (κ1) is 30.0. The summed E-state index contributed by atoms with van der Waals surface area (Å²) in [7, 11) is 0. The second kappa shape index (κ2) is 13.3. The van der Waals surface area contributed by atoms with Gasteiger partial charge in [0.15, 0.2) is 5.78 Å². The molecule has 222 valence electrons. The molecule has 1 aliphatic carbocycles. The summed E-state index contributed by atoms with van der Waals surface area (Å²) in [5.74, 6) is 0.903. The third-order valence-corrected chi connectivity index (χ3v) is 9.95. The number of carbonyl (C=O) groups is 1. The quantitative estimate of drug-likeness (QED) is 0.196. The van der Waals surface area contributed by atoms with Crippen molar-refractivity contribution < 1.29 is 9.90 Å². The minimum absolute atomic E-state index is 0.199. The smallest absolute Gasteiger partial charge is 0.163 e. The Balaban J connectivity index is 1.35. The number of anilines is 1. The highest BCUT2D eigenvalue weighted by atomic mass is 35.5. The molecule has 4 aromatic carbocycles. The summed E-state index contributed by atoms with van der Waals surface area (Å²) >= 11 is 19.2. The van der Waals surface area contributed by atoms with E-state index in [4.69, 9.17) is 34.8 Å². The summed E-state index contributed by atoms with van der Waals surface area (Å²) in [5, 5.41) is 13.1. The molecule has 0 spiro atoms. The van der Waals surface area contributed by atoms with Gasteiger partial charge in [0.25, 0.3) is 0 Å². The molecule has 1 unspecified atom stereocenters. The third kappa shape index (κ3) is 6.73. The number of nitrogens with zero attached hydrogens (tertiary/aromatic N) is 2. The van der Waals surface area contributed by atoms with Crippen LogP contribution in [0.5, 0.6) is 5.75 Å². The van der Waals surface area contributed by atoms with Crippen LogP contribution in [-0.2, 0) is 0 Å². The normalized spacial score (nSPS) is 16.9. The molecule has 1 atom stereocenters. The highest BCUT2D eigenvalue weighted by Crippen LogP contribution is 2.40. The van der Waals surface area contributed by atoms with Gasteiger partial charge < -0.3 is 10.0 Å². The fourth-order valence-corrected chi connectivity index (χ4v) is 7.25. The first-order chi connectivity index (χ1) is 20.9. The fourth-order valence-electron chi connectivity index (χ4n) is 6.64. The van der Waals surface area contributed by atoms with Crippen LogP contribution in [0.2, 0.25) is 15.1 Å². The van der Waals surface area contributed by atoms with Crippen LogP contribution in [0.1, 0.15) is 59.6 Å². The van der Waals surface area contributed by atoms with Crippen molar-refractivity contribution in [2.24, 2.45) is 5.92 Å². The van der Waals surface area contributed by atoms with Gasteiger partial charge in [0.1, 0.15) is 5.75 Å². The number of phenolic OH excluding ortho intramolecular Hbond substituents is 1. The lowest BCUT2D eigenvalue weighted by Crippen LogP contribution is -2.48. The Morgan fingerprint density at radius 1 is 0.814 bits per heavy atom. The molecule has 1 heterocycles. The number of ketones is 1. The lowest BCUT2D eigenvalue weighted by atomic mass is 9.90. The van der Waals surface area contributed by atoms with Crippen molar-refractivity contribution in [1.29, 1.82) is 0 Å². The maximum absolute atomic E-state index is 13.4. The number of benzene rings is 4. The molecule has 0 aromatic heterocycles. The van der Waals surface area contributed by atoms with Crippen LogP contribution in [0.3, 0.4) is 0 Å². The highest BCUT2D eigenvalue weighted by Gasteiger charge is 2.30. The zero-order valence-electron chi connectivity index (χ0n) is 24.0. The SMILES string of the molecule is O=C(CC1CCCC1)c1cccc(C(c2cc(-c3cccc(Cl)c3)ccc2O)N2CCN(c3cccc(Cl)c3Cl)CC2)c1. The first-order valence-corrected chi connectivity index (χ1v) is 16.2. The van der Waals surface area contributed by atoms with Gasteiger partial charge in [-0.1, -0.05) is 103 Å². The van der Waals surface area contributed by atoms with Gasteiger partial charge >= 0.3 is 0 Å². The summed E-state index contributed by atoms with van der Waals surface area (Å²) in [6.07, 6.45) is 5.31. The average molecular weight is 634 g/mol. The van der Waals surface area contributed by atoms with Crippen molar-refractivity contribution in [3.8, 4) is 16.9 Å². The number of hydrogen-bond acceptors (Lipinski definition) is 4. The molecule has 6 rings (SSSR count). The van der Waals surface area contributed by atoms with Crippen LogP contribution in [0.4, 0.5) is 5.69 Å². The van der Waals surface area contributed by atoms with Gasteiger partial charge in [0, 0.05) is 48.7 Å². The van der Waals surface area contributed by atoms with Gasteiger partial charge in [-0.2, -0.15) is 0 Å². The van der Waals surface area contributed by atoms with E-state index in [1.165, 1.54) is 12.8 Å². The van der Waals surface area contributed by atoms with Crippen LogP contribution in [0, 0.1) is 5.92 Å². The maximum Gasteiger partial charge on any atom is 0.163 e. The Labute approximate surface area is 268 Å². The van der Waals surface area contributed by atoms with Crippen LogP contribution in [0.15, 0.2) is 84.9 Å². The molecular formula is C36H35Cl3N2O2. The van der Waals surface area contributed by atoms with E-state index in [-0.39, 0.29) is 17.6 Å². The van der Waals surface area contributed by atoms with E-state index in [1.807, 2.05) is 60.7 Å². The van der Waals surface area contributed by atoms with E-state index in [9.17, 15) is 9.90 Å². The van der Waals surface area contributed by atoms with E-state index in [2.05, 4.69) is 21.9 Å². The summed E-state index contributed by atoms with van der Waals surface area (Å²) < 4.78 is 0. The highest BCUT2D eigenvalue weighted by molar-refractivity contribution is 6.43. The van der Waals surface area contributed by atoms with E-state index in [0.29, 0.717) is 27.4 Å². The fraction of sp³-hybridized carbons (Fsp3) is 0.306. The first-order valence-electron chi connectivity index (χ1n) is 15.0. The van der Waals surface area contributed by atoms with Crippen molar-refractivity contribution in [2.75, 3.05) is 31.1 Å². The predicted octanol–water partition coefficient (Wildman–Crippen LogP) is 9.69. The van der Waals surface area contributed by atoms with E-state index in [1.54, 1.807) is 12.1 Å². The number of hydrogen-bond donors (Lipinski definition) is 1. The molecule has 4 nitrogen and oxygen atoms in total. The maximum atomic E-state index is 13.4. The lowest BCUT2D eigenvalue weighted by Gasteiger charge is -2.41. The monoisotopic (exact) mass is 632 g/mol. The number of carbonyl (C=O) groups excluding carboxylic acids is 1. The van der Waals surface area contributed by atoms with Crippen LogP contribution < -0.4 is 4.90 Å². The Morgan fingerprint density at radius 2 is 1.53 bits per heavy atom. The van der Waals surface area contributed by atoms with Gasteiger partial charge in [0.05, 0.1) is 21.8 Å². The Morgan fingerprint density at radius 3 is 2.30 bits per heavy atom. The second-order valence-corrected chi connectivity index (χ2v) is 12.9. The Bertz CT molecular complexity index is 1610. The molecule has 7 heteroatoms. The van der Waals surface area contributed by atoms with Crippen LogP contribution >= 0.6 is 34.8 Å². The molecule has 1 saturated heterocycles. The number of aromatic hydroxyl groups is 1. The number of Topliss-reactive ketones (excluding diaryl/α,β-unsaturated/α-hetero) is 1. The minimum Gasteiger partial charge on any atom is -0.508 e. The average Bonchev–Trinajstić information content (AvgIpc) is 3.53. The molecule has 1 saturated carbocycles. The van der Waals surface area contributed by atoms with Crippen molar-refractivity contribution in [3.63, 3.8) is 0 Å². The minimum atomic E-state index is -0.254. The molecule has 2 aliphatic rings. The van der Waals surface area contributed by atoms with Gasteiger partial charge in [-0.3, -0.25) is 9.69 Å². The van der Waals surface area contributed by atoms with Gasteiger partial charge in [0.2, 0.25) is 0 Å². The molecule has 0 amide bonds. The summed E-state index contributed by atoms with van der Waals surface area (Å²) in [6.45, 7) is 2.94. The van der Waals surface area contributed by atoms with Crippen molar-refractivity contribution in [3.05, 3.63) is 117 Å². The lowest BCUT2D eigenvalue weighted by molar-refractivity contribution is 0.0962. The topological polar surface area (TPSA) is 43.8 Å². The number of halogens is 3. The second-order valence-electron chi connectivity index (χ2n) is 11.7. The molecule has 1 N–H and O–H groups in total. The van der Waals surface area contributed by atoms with Crippen LogP contribution in [-0.4, -0.2) is 42.0 Å². The standard InChI is InChI=1S/C36H35Cl3N2O2/c37-29-11-4-8-25(22-29)26-14-15-33(42)30(23-26)36(28-10-3-9-27(21-28)34(43)20-24-6-1-2-7-24)41-18-16-40(17-19-41)32-13-5-12-31(38)35(32)39/h3-5,8-15,21-24,36,42H,1-2,6-7,16-20H2. The largest absolute Gasteiger partial charge is 0.508 e. The third-order valence-electron chi connectivity index (χ3n) is 8.90. The van der Waals surface area contributed by atoms with E-state index in [0.717, 1.165) is 72.5 Å². The molecule has 0 bridgehead atoms. The molecule has 1 aliphatic heterocycles. The van der Waals surface area contributed by atoms with Crippen LogP contribution in [0.25, 0.3) is 11.1 Å². The van der Waals surface area contributed by atoms with Gasteiger partial charge in [-0.25, -0.2) is 0 Å². The zero-order chi connectivity index (χ0) is 29.9. The Kier molecular flexibility index (Phi) is 9.30. The number of piperazine rings is 1. The van der Waals surface area contributed by atoms with Crippen molar-refractivity contribution in [1.82, 2.24) is 4.90 Å². The van der Waals surface area contributed by atoms with E-state index < -0.39 is 0 Å². The Hall–Kier alpha value is -3.02. The van der Waals surface area contributed by atoms with E-state index >= 15 is 0 Å².